The second-order valence-corrected chi connectivity index (χ2v) is 4.03. The molecule has 1 aromatic carbocycles. The Morgan fingerprint density at radius 2 is 2.19 bits per heavy atom. The number of fused-ring (bicyclic) bond motifs is 1. The highest BCUT2D eigenvalue weighted by molar-refractivity contribution is 5.83. The molecule has 1 aromatic heterocycles. The molecule has 0 aliphatic heterocycles. The van der Waals surface area contributed by atoms with E-state index in [-0.39, 0.29) is 6.42 Å². The van der Waals surface area contributed by atoms with Crippen LogP contribution in [0.2, 0.25) is 0 Å². The molecule has 0 saturated heterocycles. The number of benzene rings is 1. The number of carboxylic acid groups (broad SMARTS) is 1. The summed E-state index contributed by atoms with van der Waals surface area (Å²) in [4.78, 5) is 10.5. The van der Waals surface area contributed by atoms with Gasteiger partial charge in [-0.3, -0.25) is 4.79 Å². The number of hydrogen-bond acceptors (Lipinski definition) is 1. The third kappa shape index (κ3) is 2.08. The first-order chi connectivity index (χ1) is 7.68. The number of aliphatic carboxylic acids is 1. The van der Waals surface area contributed by atoms with Gasteiger partial charge in [0.05, 0.1) is 5.52 Å². The number of nitrogens with zero attached hydrogens (tertiary/aromatic N) is 1. The second-order valence-electron chi connectivity index (χ2n) is 4.03. The summed E-state index contributed by atoms with van der Waals surface area (Å²) in [6.07, 6.45) is 3.79. The molecule has 1 N–H and O–H groups in total. The highest BCUT2D eigenvalue weighted by Gasteiger charge is 2.05. The molecule has 0 amide bonds. The molecule has 0 aliphatic rings. The molecule has 3 heteroatoms. The molecule has 0 saturated carbocycles. The monoisotopic (exact) mass is 217 g/mol. The van der Waals surface area contributed by atoms with E-state index in [1.807, 2.05) is 19.3 Å². The van der Waals surface area contributed by atoms with Crippen molar-refractivity contribution in [2.24, 2.45) is 7.05 Å². The van der Waals surface area contributed by atoms with E-state index >= 15 is 0 Å². The van der Waals surface area contributed by atoms with E-state index in [9.17, 15) is 4.79 Å². The number of rotatable bonds is 4. The first-order valence-electron chi connectivity index (χ1n) is 5.43. The van der Waals surface area contributed by atoms with Gasteiger partial charge in [-0.1, -0.05) is 18.2 Å². The predicted molar refractivity (Wildman–Crippen MR) is 63.5 cm³/mol. The Bertz CT molecular complexity index is 514. The van der Waals surface area contributed by atoms with Crippen LogP contribution in [0.25, 0.3) is 10.9 Å². The summed E-state index contributed by atoms with van der Waals surface area (Å²) in [7, 11) is 2.02. The van der Waals surface area contributed by atoms with Crippen molar-refractivity contribution in [2.75, 3.05) is 0 Å². The van der Waals surface area contributed by atoms with Crippen molar-refractivity contribution in [3.8, 4) is 0 Å². The van der Waals surface area contributed by atoms with Crippen LogP contribution in [-0.4, -0.2) is 15.6 Å². The van der Waals surface area contributed by atoms with Gasteiger partial charge >= 0.3 is 5.97 Å². The van der Waals surface area contributed by atoms with Crippen molar-refractivity contribution in [2.45, 2.75) is 19.3 Å². The fourth-order valence-corrected chi connectivity index (χ4v) is 2.07. The first-order valence-corrected chi connectivity index (χ1v) is 5.43. The lowest BCUT2D eigenvalue weighted by atomic mass is 10.1. The minimum absolute atomic E-state index is 0.237. The summed E-state index contributed by atoms with van der Waals surface area (Å²) < 4.78 is 2.09. The molecule has 0 fully saturated rings. The van der Waals surface area contributed by atoms with Crippen LogP contribution in [0.1, 0.15) is 18.4 Å². The van der Waals surface area contributed by atoms with Crippen LogP contribution in [0, 0.1) is 0 Å². The van der Waals surface area contributed by atoms with Crippen molar-refractivity contribution < 1.29 is 9.90 Å². The zero-order chi connectivity index (χ0) is 11.5. The average Bonchev–Trinajstić information content (AvgIpc) is 2.61. The maximum Gasteiger partial charge on any atom is 0.303 e. The van der Waals surface area contributed by atoms with Gasteiger partial charge in [-0.2, -0.15) is 0 Å². The van der Waals surface area contributed by atoms with Gasteiger partial charge in [0.1, 0.15) is 0 Å². The summed E-state index contributed by atoms with van der Waals surface area (Å²) in [6, 6.07) is 8.26. The fourth-order valence-electron chi connectivity index (χ4n) is 2.07. The van der Waals surface area contributed by atoms with Gasteiger partial charge in [-0.25, -0.2) is 0 Å². The Morgan fingerprint density at radius 3 is 2.94 bits per heavy atom. The van der Waals surface area contributed by atoms with Crippen LogP contribution in [-0.2, 0) is 18.3 Å². The minimum atomic E-state index is -0.723. The van der Waals surface area contributed by atoms with Crippen molar-refractivity contribution in [3.63, 3.8) is 0 Å². The van der Waals surface area contributed by atoms with E-state index in [4.69, 9.17) is 5.11 Å². The third-order valence-corrected chi connectivity index (χ3v) is 2.82. The molecule has 84 valence electrons. The van der Waals surface area contributed by atoms with Crippen LogP contribution >= 0.6 is 0 Å². The molecule has 2 rings (SSSR count). The SMILES string of the molecule is Cn1ccc2cccc(CCCC(=O)O)c21. The van der Waals surface area contributed by atoms with Crippen molar-refractivity contribution >= 4 is 16.9 Å². The number of carbonyl (C=O) groups is 1. The van der Waals surface area contributed by atoms with Crippen molar-refractivity contribution in [1.29, 1.82) is 0 Å². The summed E-state index contributed by atoms with van der Waals surface area (Å²) in [6.45, 7) is 0. The van der Waals surface area contributed by atoms with Gasteiger partial charge in [-0.05, 0) is 29.9 Å². The molecule has 0 spiro atoms. The lowest BCUT2D eigenvalue weighted by molar-refractivity contribution is -0.137. The van der Waals surface area contributed by atoms with E-state index in [1.54, 1.807) is 0 Å². The number of hydrogen-bond donors (Lipinski definition) is 1. The average molecular weight is 217 g/mol. The van der Waals surface area contributed by atoms with Gasteiger partial charge in [0.15, 0.2) is 0 Å². The van der Waals surface area contributed by atoms with Crippen LogP contribution in [0.3, 0.4) is 0 Å². The minimum Gasteiger partial charge on any atom is -0.481 e. The van der Waals surface area contributed by atoms with Crippen molar-refractivity contribution in [1.82, 2.24) is 4.57 Å². The number of aromatic nitrogens is 1. The van der Waals surface area contributed by atoms with Gasteiger partial charge in [0.2, 0.25) is 0 Å². The standard InChI is InChI=1S/C13H15NO2/c1-14-9-8-11-5-2-4-10(13(11)14)6-3-7-12(15)16/h2,4-5,8-9H,3,6-7H2,1H3,(H,15,16). The molecule has 0 aliphatic carbocycles. The third-order valence-electron chi connectivity index (χ3n) is 2.82. The fraction of sp³-hybridized carbons (Fsp3) is 0.308. The van der Waals surface area contributed by atoms with Gasteiger partial charge in [-0.15, -0.1) is 0 Å². The lowest BCUT2D eigenvalue weighted by Gasteiger charge is -2.05. The molecule has 0 unspecified atom stereocenters. The summed E-state index contributed by atoms with van der Waals surface area (Å²) in [5.74, 6) is -0.723. The summed E-state index contributed by atoms with van der Waals surface area (Å²) in [5, 5.41) is 9.83. The molecule has 0 radical (unpaired) electrons. The molecule has 2 aromatic rings. The number of para-hydroxylation sites is 1. The number of carboxylic acids is 1. The highest BCUT2D eigenvalue weighted by atomic mass is 16.4. The van der Waals surface area contributed by atoms with E-state index in [0.717, 1.165) is 6.42 Å². The molecular formula is C13H15NO2. The summed E-state index contributed by atoms with van der Waals surface area (Å²) >= 11 is 0. The van der Waals surface area contributed by atoms with Gasteiger partial charge in [0, 0.05) is 19.7 Å². The summed E-state index contributed by atoms with van der Waals surface area (Å²) in [5.41, 5.74) is 2.44. The van der Waals surface area contributed by atoms with Crippen molar-refractivity contribution in [3.05, 3.63) is 36.0 Å². The topological polar surface area (TPSA) is 42.2 Å². The largest absolute Gasteiger partial charge is 0.481 e. The Balaban J connectivity index is 2.23. The Morgan fingerprint density at radius 1 is 1.38 bits per heavy atom. The molecule has 0 atom stereocenters. The van der Waals surface area contributed by atoms with E-state index in [1.165, 1.54) is 16.5 Å². The van der Waals surface area contributed by atoms with Gasteiger partial charge in [0.25, 0.3) is 0 Å². The van der Waals surface area contributed by atoms with Crippen LogP contribution in [0.15, 0.2) is 30.5 Å². The Hall–Kier alpha value is -1.77. The highest BCUT2D eigenvalue weighted by Crippen LogP contribution is 2.20. The molecule has 0 bridgehead atoms. The normalized spacial score (nSPS) is 10.8. The van der Waals surface area contributed by atoms with Crippen LogP contribution in [0.4, 0.5) is 0 Å². The van der Waals surface area contributed by atoms with E-state index in [0.29, 0.717) is 6.42 Å². The number of aryl methyl sites for hydroxylation is 2. The quantitative estimate of drug-likeness (QED) is 0.855. The van der Waals surface area contributed by atoms with Gasteiger partial charge < -0.3 is 9.67 Å². The van der Waals surface area contributed by atoms with E-state index < -0.39 is 5.97 Å². The first kappa shape index (κ1) is 10.7. The maximum absolute atomic E-state index is 10.5. The smallest absolute Gasteiger partial charge is 0.303 e. The van der Waals surface area contributed by atoms with Crippen LogP contribution < -0.4 is 0 Å². The second kappa shape index (κ2) is 4.39. The molecular weight excluding hydrogens is 202 g/mol. The molecule has 3 nitrogen and oxygen atoms in total. The maximum atomic E-state index is 10.5. The Labute approximate surface area is 94.3 Å². The van der Waals surface area contributed by atoms with Crippen LogP contribution in [0.5, 0.6) is 0 Å². The molecule has 1 heterocycles. The van der Waals surface area contributed by atoms with E-state index in [2.05, 4.69) is 22.8 Å². The predicted octanol–water partition coefficient (Wildman–Crippen LogP) is 2.59. The zero-order valence-corrected chi connectivity index (χ0v) is 9.31. The Kier molecular flexibility index (Phi) is 2.95. The molecule has 16 heavy (non-hydrogen) atoms. The lowest BCUT2D eigenvalue weighted by Crippen LogP contribution is -1.97. The zero-order valence-electron chi connectivity index (χ0n) is 9.31.